The fraction of sp³-hybridized carbons (Fsp3) is 0.333. The summed E-state index contributed by atoms with van der Waals surface area (Å²) >= 11 is 0. The number of carbonyl (C=O) groups is 2. The normalized spacial score (nSPS) is 19.5. The molecule has 2 heterocycles. The lowest BCUT2D eigenvalue weighted by molar-refractivity contribution is -0.140. The summed E-state index contributed by atoms with van der Waals surface area (Å²) in [6.07, 6.45) is 1.57. The number of para-hydroxylation sites is 2. The van der Waals surface area contributed by atoms with Gasteiger partial charge < -0.3 is 15.0 Å². The molecular weight excluding hydrogens is 328 g/mol. The molecule has 0 radical (unpaired) electrons. The molecule has 0 saturated carbocycles. The first-order valence-corrected chi connectivity index (χ1v) is 9.10. The Morgan fingerprint density at radius 2 is 1.65 bits per heavy atom. The second-order valence-electron chi connectivity index (χ2n) is 6.87. The molecule has 5 nitrogen and oxygen atoms in total. The quantitative estimate of drug-likeness (QED) is 0.926. The SMILES string of the molecule is O=C(Nc1ccccc1)C1CCN(C(=O)C2Cc3ccccc3O2)CC1. The minimum absolute atomic E-state index is 0.0307. The van der Waals surface area contributed by atoms with Crippen LogP contribution in [0.2, 0.25) is 0 Å². The van der Waals surface area contributed by atoms with Crippen molar-refractivity contribution in [1.29, 1.82) is 0 Å². The average molecular weight is 350 g/mol. The Kier molecular flexibility index (Phi) is 4.61. The molecule has 0 aromatic heterocycles. The van der Waals surface area contributed by atoms with E-state index >= 15 is 0 Å². The second kappa shape index (κ2) is 7.20. The van der Waals surface area contributed by atoms with Crippen LogP contribution in [0.3, 0.4) is 0 Å². The Morgan fingerprint density at radius 3 is 2.38 bits per heavy atom. The van der Waals surface area contributed by atoms with E-state index in [1.807, 2.05) is 59.5 Å². The summed E-state index contributed by atoms with van der Waals surface area (Å²) in [5.74, 6) is 0.819. The Hall–Kier alpha value is -2.82. The van der Waals surface area contributed by atoms with Crippen molar-refractivity contribution in [2.24, 2.45) is 5.92 Å². The van der Waals surface area contributed by atoms with Crippen LogP contribution in [-0.2, 0) is 16.0 Å². The van der Waals surface area contributed by atoms with Gasteiger partial charge in [0.05, 0.1) is 0 Å². The number of nitrogens with zero attached hydrogens (tertiary/aromatic N) is 1. The maximum atomic E-state index is 12.7. The van der Waals surface area contributed by atoms with Gasteiger partial charge in [0, 0.05) is 31.1 Å². The molecule has 2 aliphatic heterocycles. The van der Waals surface area contributed by atoms with Crippen LogP contribution in [0.4, 0.5) is 5.69 Å². The molecule has 2 amide bonds. The van der Waals surface area contributed by atoms with Gasteiger partial charge in [-0.3, -0.25) is 9.59 Å². The topological polar surface area (TPSA) is 58.6 Å². The van der Waals surface area contributed by atoms with Gasteiger partial charge in [0.1, 0.15) is 5.75 Å². The number of nitrogens with one attached hydrogen (secondary N) is 1. The summed E-state index contributed by atoms with van der Waals surface area (Å²) < 4.78 is 5.80. The molecule has 1 fully saturated rings. The number of amides is 2. The highest BCUT2D eigenvalue weighted by Gasteiger charge is 2.35. The van der Waals surface area contributed by atoms with Gasteiger partial charge in [-0.05, 0) is 36.6 Å². The van der Waals surface area contributed by atoms with Gasteiger partial charge in [0.2, 0.25) is 5.91 Å². The number of rotatable bonds is 3. The number of piperidine rings is 1. The van der Waals surface area contributed by atoms with Gasteiger partial charge in [-0.2, -0.15) is 0 Å². The number of fused-ring (bicyclic) bond motifs is 1. The minimum Gasteiger partial charge on any atom is -0.480 e. The largest absolute Gasteiger partial charge is 0.480 e. The molecule has 1 unspecified atom stereocenters. The summed E-state index contributed by atoms with van der Waals surface area (Å²) in [5, 5.41) is 2.96. The first kappa shape index (κ1) is 16.6. The number of hydrogen-bond acceptors (Lipinski definition) is 3. The third kappa shape index (κ3) is 3.43. The molecule has 0 bridgehead atoms. The van der Waals surface area contributed by atoms with Crippen molar-refractivity contribution >= 4 is 17.5 Å². The Morgan fingerprint density at radius 1 is 0.962 bits per heavy atom. The molecule has 1 saturated heterocycles. The zero-order valence-corrected chi connectivity index (χ0v) is 14.6. The number of likely N-dealkylation sites (tertiary alicyclic amines) is 1. The van der Waals surface area contributed by atoms with E-state index in [0.717, 1.165) is 17.0 Å². The van der Waals surface area contributed by atoms with E-state index in [0.29, 0.717) is 32.4 Å². The van der Waals surface area contributed by atoms with Gasteiger partial charge in [-0.15, -0.1) is 0 Å². The van der Waals surface area contributed by atoms with Crippen molar-refractivity contribution in [1.82, 2.24) is 4.90 Å². The number of hydrogen-bond donors (Lipinski definition) is 1. The van der Waals surface area contributed by atoms with E-state index in [1.54, 1.807) is 0 Å². The van der Waals surface area contributed by atoms with E-state index in [9.17, 15) is 9.59 Å². The monoisotopic (exact) mass is 350 g/mol. The number of benzene rings is 2. The van der Waals surface area contributed by atoms with Crippen LogP contribution in [-0.4, -0.2) is 35.9 Å². The van der Waals surface area contributed by atoms with E-state index < -0.39 is 6.10 Å². The van der Waals surface area contributed by atoms with Crippen LogP contribution in [0.25, 0.3) is 0 Å². The van der Waals surface area contributed by atoms with Crippen molar-refractivity contribution < 1.29 is 14.3 Å². The molecule has 2 aromatic carbocycles. The Balaban J connectivity index is 1.30. The lowest BCUT2D eigenvalue weighted by Crippen LogP contribution is -2.46. The standard InChI is InChI=1S/C21H22N2O3/c24-20(22-17-7-2-1-3-8-17)15-10-12-23(13-11-15)21(25)19-14-16-6-4-5-9-18(16)26-19/h1-9,15,19H,10-14H2,(H,22,24). The lowest BCUT2D eigenvalue weighted by atomic mass is 9.95. The molecule has 26 heavy (non-hydrogen) atoms. The summed E-state index contributed by atoms with van der Waals surface area (Å²) in [5.41, 5.74) is 1.90. The predicted octanol–water partition coefficient (Wildman–Crippen LogP) is 2.87. The molecule has 134 valence electrons. The molecule has 0 aliphatic carbocycles. The van der Waals surface area contributed by atoms with Crippen LogP contribution in [0.5, 0.6) is 5.75 Å². The number of carbonyl (C=O) groups excluding carboxylic acids is 2. The zero-order chi connectivity index (χ0) is 17.9. The fourth-order valence-electron chi connectivity index (χ4n) is 3.65. The molecule has 1 N–H and O–H groups in total. The van der Waals surface area contributed by atoms with E-state index in [-0.39, 0.29) is 17.7 Å². The van der Waals surface area contributed by atoms with E-state index in [1.165, 1.54) is 0 Å². The van der Waals surface area contributed by atoms with E-state index in [2.05, 4.69) is 5.32 Å². The first-order chi connectivity index (χ1) is 12.7. The molecule has 1 atom stereocenters. The van der Waals surface area contributed by atoms with Crippen LogP contribution in [0.1, 0.15) is 18.4 Å². The highest BCUT2D eigenvalue weighted by atomic mass is 16.5. The number of ether oxygens (including phenoxy) is 1. The molecule has 5 heteroatoms. The minimum atomic E-state index is -0.429. The predicted molar refractivity (Wildman–Crippen MR) is 98.9 cm³/mol. The smallest absolute Gasteiger partial charge is 0.263 e. The summed E-state index contributed by atoms with van der Waals surface area (Å²) in [4.78, 5) is 27.0. The average Bonchev–Trinajstić information content (AvgIpc) is 3.12. The molecule has 2 aromatic rings. The van der Waals surface area contributed by atoms with Crippen molar-refractivity contribution in [3.05, 3.63) is 60.2 Å². The third-order valence-electron chi connectivity index (χ3n) is 5.14. The van der Waals surface area contributed by atoms with Crippen molar-refractivity contribution in [3.63, 3.8) is 0 Å². The Bertz CT molecular complexity index is 773. The second-order valence-corrected chi connectivity index (χ2v) is 6.87. The lowest BCUT2D eigenvalue weighted by Gasteiger charge is -2.32. The molecular formula is C21H22N2O3. The summed E-state index contributed by atoms with van der Waals surface area (Å²) in [6.45, 7) is 1.20. The Labute approximate surface area is 153 Å². The molecule has 0 spiro atoms. The first-order valence-electron chi connectivity index (χ1n) is 9.10. The number of anilines is 1. The third-order valence-corrected chi connectivity index (χ3v) is 5.14. The van der Waals surface area contributed by atoms with Crippen molar-refractivity contribution in [2.45, 2.75) is 25.4 Å². The highest BCUT2D eigenvalue weighted by Crippen LogP contribution is 2.30. The maximum Gasteiger partial charge on any atom is 0.263 e. The van der Waals surface area contributed by atoms with Crippen molar-refractivity contribution in [2.75, 3.05) is 18.4 Å². The van der Waals surface area contributed by atoms with Crippen LogP contribution < -0.4 is 10.1 Å². The van der Waals surface area contributed by atoms with E-state index in [4.69, 9.17) is 4.74 Å². The van der Waals surface area contributed by atoms with Gasteiger partial charge >= 0.3 is 0 Å². The van der Waals surface area contributed by atoms with Crippen LogP contribution >= 0.6 is 0 Å². The van der Waals surface area contributed by atoms with Crippen molar-refractivity contribution in [3.8, 4) is 5.75 Å². The fourth-order valence-corrected chi connectivity index (χ4v) is 3.65. The molecule has 4 rings (SSSR count). The van der Waals surface area contributed by atoms with Gasteiger partial charge in [-0.25, -0.2) is 0 Å². The maximum absolute atomic E-state index is 12.7. The van der Waals surface area contributed by atoms with Crippen LogP contribution in [0.15, 0.2) is 54.6 Å². The molecule has 2 aliphatic rings. The van der Waals surface area contributed by atoms with Gasteiger partial charge in [-0.1, -0.05) is 36.4 Å². The summed E-state index contributed by atoms with van der Waals surface area (Å²) in [6, 6.07) is 17.3. The van der Waals surface area contributed by atoms with Gasteiger partial charge in [0.15, 0.2) is 6.10 Å². The zero-order valence-electron chi connectivity index (χ0n) is 14.6. The summed E-state index contributed by atoms with van der Waals surface area (Å²) in [7, 11) is 0. The highest BCUT2D eigenvalue weighted by molar-refractivity contribution is 5.92. The van der Waals surface area contributed by atoms with Crippen LogP contribution in [0, 0.1) is 5.92 Å². The van der Waals surface area contributed by atoms with Gasteiger partial charge in [0.25, 0.3) is 5.91 Å².